The van der Waals surface area contributed by atoms with Gasteiger partial charge in [-0.2, -0.15) is 0 Å². The highest BCUT2D eigenvalue weighted by atomic mass is 32.2. The fraction of sp³-hybridized carbons (Fsp3) is 0.538. The van der Waals surface area contributed by atoms with Crippen molar-refractivity contribution in [1.29, 1.82) is 0 Å². The SMILES string of the molecule is Cc1cc(S(=O)(=O)NC2CCCCC2O)ccc1F. The van der Waals surface area contributed by atoms with E-state index in [1.807, 2.05) is 0 Å². The van der Waals surface area contributed by atoms with Gasteiger partial charge >= 0.3 is 0 Å². The van der Waals surface area contributed by atoms with Crippen LogP contribution in [-0.2, 0) is 10.0 Å². The summed E-state index contributed by atoms with van der Waals surface area (Å²) in [6.45, 7) is 1.52. The molecule has 1 aliphatic rings. The Labute approximate surface area is 112 Å². The predicted molar refractivity (Wildman–Crippen MR) is 69.7 cm³/mol. The van der Waals surface area contributed by atoms with Crippen molar-refractivity contribution in [3.05, 3.63) is 29.6 Å². The van der Waals surface area contributed by atoms with E-state index in [-0.39, 0.29) is 10.5 Å². The van der Waals surface area contributed by atoms with Crippen LogP contribution in [0.1, 0.15) is 31.2 Å². The van der Waals surface area contributed by atoms with E-state index in [9.17, 15) is 17.9 Å². The van der Waals surface area contributed by atoms with Gasteiger partial charge in [0.05, 0.1) is 11.0 Å². The number of aryl methyl sites for hydroxylation is 1. The van der Waals surface area contributed by atoms with Crippen LogP contribution < -0.4 is 4.72 Å². The maximum Gasteiger partial charge on any atom is 0.240 e. The average Bonchev–Trinajstić information content (AvgIpc) is 2.35. The number of aliphatic hydroxyl groups excluding tert-OH is 1. The lowest BCUT2D eigenvalue weighted by Crippen LogP contribution is -2.44. The van der Waals surface area contributed by atoms with Gasteiger partial charge in [0.15, 0.2) is 0 Å². The van der Waals surface area contributed by atoms with E-state index in [4.69, 9.17) is 0 Å². The molecule has 2 N–H and O–H groups in total. The normalized spacial score (nSPS) is 24.4. The molecule has 0 aliphatic heterocycles. The number of nitrogens with one attached hydrogen (secondary N) is 1. The predicted octanol–water partition coefficient (Wildman–Crippen LogP) is 1.72. The van der Waals surface area contributed by atoms with Gasteiger partial charge in [0.1, 0.15) is 5.82 Å². The van der Waals surface area contributed by atoms with Gasteiger partial charge in [0.25, 0.3) is 0 Å². The smallest absolute Gasteiger partial charge is 0.240 e. The molecule has 6 heteroatoms. The van der Waals surface area contributed by atoms with Crippen LogP contribution in [0.4, 0.5) is 4.39 Å². The van der Waals surface area contributed by atoms with Crippen molar-refractivity contribution in [2.24, 2.45) is 0 Å². The number of aliphatic hydroxyl groups is 1. The zero-order chi connectivity index (χ0) is 14.0. The van der Waals surface area contributed by atoms with E-state index in [0.717, 1.165) is 18.9 Å². The maximum absolute atomic E-state index is 13.2. The van der Waals surface area contributed by atoms with Crippen molar-refractivity contribution in [2.75, 3.05) is 0 Å². The second-order valence-electron chi connectivity index (χ2n) is 4.99. The van der Waals surface area contributed by atoms with Crippen LogP contribution >= 0.6 is 0 Å². The number of rotatable bonds is 3. The van der Waals surface area contributed by atoms with Crippen molar-refractivity contribution in [2.45, 2.75) is 49.6 Å². The maximum atomic E-state index is 13.2. The molecule has 106 valence electrons. The highest BCUT2D eigenvalue weighted by molar-refractivity contribution is 7.89. The Bertz CT molecular complexity index is 559. The Morgan fingerprint density at radius 3 is 2.63 bits per heavy atom. The fourth-order valence-electron chi connectivity index (χ4n) is 2.30. The lowest BCUT2D eigenvalue weighted by Gasteiger charge is -2.28. The van der Waals surface area contributed by atoms with Crippen molar-refractivity contribution < 1.29 is 17.9 Å². The Morgan fingerprint density at radius 1 is 1.32 bits per heavy atom. The molecular formula is C13H18FNO3S. The third-order valence-corrected chi connectivity index (χ3v) is 4.96. The molecule has 0 amide bonds. The highest BCUT2D eigenvalue weighted by Gasteiger charge is 2.28. The summed E-state index contributed by atoms with van der Waals surface area (Å²) in [4.78, 5) is 0.0316. The fourth-order valence-corrected chi connectivity index (χ4v) is 3.69. The van der Waals surface area contributed by atoms with E-state index >= 15 is 0 Å². The third-order valence-electron chi connectivity index (χ3n) is 3.48. The van der Waals surface area contributed by atoms with Gasteiger partial charge in [0, 0.05) is 6.04 Å². The number of sulfonamides is 1. The van der Waals surface area contributed by atoms with E-state index in [1.54, 1.807) is 0 Å². The lowest BCUT2D eigenvalue weighted by molar-refractivity contribution is 0.101. The molecule has 2 unspecified atom stereocenters. The van der Waals surface area contributed by atoms with Gasteiger partial charge < -0.3 is 5.11 Å². The van der Waals surface area contributed by atoms with Gasteiger partial charge in [0.2, 0.25) is 10.0 Å². The summed E-state index contributed by atoms with van der Waals surface area (Å²) in [6, 6.07) is 3.22. The Kier molecular flexibility index (Phi) is 4.23. The molecule has 4 nitrogen and oxygen atoms in total. The molecule has 1 aliphatic carbocycles. The topological polar surface area (TPSA) is 66.4 Å². The van der Waals surface area contributed by atoms with Crippen LogP contribution in [0.15, 0.2) is 23.1 Å². The molecular weight excluding hydrogens is 269 g/mol. The summed E-state index contributed by atoms with van der Waals surface area (Å²) in [5.74, 6) is -0.434. The van der Waals surface area contributed by atoms with Crippen LogP contribution in [-0.4, -0.2) is 25.7 Å². The molecule has 1 fully saturated rings. The second-order valence-corrected chi connectivity index (χ2v) is 6.70. The minimum absolute atomic E-state index is 0.0316. The number of benzene rings is 1. The Balaban J connectivity index is 2.19. The van der Waals surface area contributed by atoms with Crippen LogP contribution in [0.3, 0.4) is 0 Å². The summed E-state index contributed by atoms with van der Waals surface area (Å²) in [6.07, 6.45) is 2.39. The minimum atomic E-state index is -3.71. The minimum Gasteiger partial charge on any atom is -0.391 e. The van der Waals surface area contributed by atoms with E-state index in [2.05, 4.69) is 4.72 Å². The largest absolute Gasteiger partial charge is 0.391 e. The molecule has 19 heavy (non-hydrogen) atoms. The number of hydrogen-bond donors (Lipinski definition) is 2. The van der Waals surface area contributed by atoms with Gasteiger partial charge in [-0.25, -0.2) is 17.5 Å². The van der Waals surface area contributed by atoms with Crippen molar-refractivity contribution in [1.82, 2.24) is 4.72 Å². The molecule has 2 atom stereocenters. The molecule has 1 aromatic rings. The first-order valence-electron chi connectivity index (χ1n) is 6.37. The molecule has 0 heterocycles. The van der Waals surface area contributed by atoms with E-state index in [1.165, 1.54) is 19.1 Å². The van der Waals surface area contributed by atoms with Gasteiger partial charge in [-0.15, -0.1) is 0 Å². The summed E-state index contributed by atoms with van der Waals surface area (Å²) in [5.41, 5.74) is 0.284. The first-order valence-corrected chi connectivity index (χ1v) is 7.85. The first-order chi connectivity index (χ1) is 8.90. The van der Waals surface area contributed by atoms with Crippen LogP contribution in [0, 0.1) is 12.7 Å². The molecule has 0 saturated heterocycles. The average molecular weight is 287 g/mol. The van der Waals surface area contributed by atoms with Crippen LogP contribution in [0.25, 0.3) is 0 Å². The summed E-state index contributed by atoms with van der Waals surface area (Å²) in [5, 5.41) is 9.79. The number of halogens is 1. The van der Waals surface area contributed by atoms with E-state index in [0.29, 0.717) is 12.8 Å². The first kappa shape index (κ1) is 14.4. The second kappa shape index (κ2) is 5.56. The third kappa shape index (κ3) is 3.32. The summed E-state index contributed by atoms with van der Waals surface area (Å²) >= 11 is 0. The van der Waals surface area contributed by atoms with Crippen molar-refractivity contribution in [3.63, 3.8) is 0 Å². The Morgan fingerprint density at radius 2 is 2.00 bits per heavy atom. The van der Waals surface area contributed by atoms with Gasteiger partial charge in [-0.1, -0.05) is 12.8 Å². The van der Waals surface area contributed by atoms with Crippen LogP contribution in [0.5, 0.6) is 0 Å². The van der Waals surface area contributed by atoms with Crippen molar-refractivity contribution in [3.8, 4) is 0 Å². The molecule has 1 aromatic carbocycles. The molecule has 2 rings (SSSR count). The summed E-state index contributed by atoms with van der Waals surface area (Å²) < 4.78 is 40.0. The quantitative estimate of drug-likeness (QED) is 0.889. The zero-order valence-electron chi connectivity index (χ0n) is 10.8. The van der Waals surface area contributed by atoms with Gasteiger partial charge in [-0.3, -0.25) is 0 Å². The molecule has 0 radical (unpaired) electrons. The standard InChI is InChI=1S/C13H18FNO3S/c1-9-8-10(6-7-11(9)14)19(17,18)15-12-4-2-3-5-13(12)16/h6-8,12-13,15-16H,2-5H2,1H3. The van der Waals surface area contributed by atoms with Crippen molar-refractivity contribution >= 4 is 10.0 Å². The molecule has 0 bridgehead atoms. The van der Waals surface area contributed by atoms with Crippen LogP contribution in [0.2, 0.25) is 0 Å². The van der Waals surface area contributed by atoms with E-state index < -0.39 is 28.0 Å². The number of hydrogen-bond acceptors (Lipinski definition) is 3. The highest BCUT2D eigenvalue weighted by Crippen LogP contribution is 2.21. The zero-order valence-corrected chi connectivity index (χ0v) is 11.6. The Hall–Kier alpha value is -0.980. The molecule has 0 spiro atoms. The molecule has 1 saturated carbocycles. The summed E-state index contributed by atoms with van der Waals surface area (Å²) in [7, 11) is -3.71. The van der Waals surface area contributed by atoms with Gasteiger partial charge in [-0.05, 0) is 43.5 Å². The monoisotopic (exact) mass is 287 g/mol. The lowest BCUT2D eigenvalue weighted by atomic mass is 9.93. The molecule has 0 aromatic heterocycles.